The summed E-state index contributed by atoms with van der Waals surface area (Å²) in [5.41, 5.74) is 1.19. The fourth-order valence-electron chi connectivity index (χ4n) is 2.96. The summed E-state index contributed by atoms with van der Waals surface area (Å²) in [5.74, 6) is -0.115. The molecule has 6 nitrogen and oxygen atoms in total. The molecular formula is C19H26N4O2. The van der Waals surface area contributed by atoms with Gasteiger partial charge in [-0.05, 0) is 50.5 Å². The maximum Gasteiger partial charge on any atom is 0.322 e. The molecule has 25 heavy (non-hydrogen) atoms. The van der Waals surface area contributed by atoms with Crippen molar-refractivity contribution in [2.75, 3.05) is 18.4 Å². The Hall–Kier alpha value is -2.55. The Labute approximate surface area is 149 Å². The molecule has 134 valence electrons. The van der Waals surface area contributed by atoms with Crippen LogP contribution in [0, 0.1) is 17.2 Å². The minimum absolute atomic E-state index is 0.0384. The molecule has 1 aliphatic rings. The Balaban J connectivity index is 1.94. The van der Waals surface area contributed by atoms with Gasteiger partial charge in [0.15, 0.2) is 0 Å². The van der Waals surface area contributed by atoms with E-state index >= 15 is 0 Å². The lowest BCUT2D eigenvalue weighted by Crippen LogP contribution is -2.50. The topological polar surface area (TPSA) is 85.2 Å². The van der Waals surface area contributed by atoms with Crippen LogP contribution < -0.4 is 10.6 Å². The van der Waals surface area contributed by atoms with Gasteiger partial charge in [0.05, 0.1) is 17.6 Å². The molecule has 0 aromatic heterocycles. The van der Waals surface area contributed by atoms with Crippen molar-refractivity contribution in [2.24, 2.45) is 5.92 Å². The van der Waals surface area contributed by atoms with E-state index in [9.17, 15) is 9.59 Å². The number of nitrogens with one attached hydrogen (secondary N) is 2. The number of hydrogen-bond donors (Lipinski definition) is 2. The molecule has 0 unspecified atom stereocenters. The van der Waals surface area contributed by atoms with Crippen molar-refractivity contribution in [3.8, 4) is 6.07 Å². The largest absolute Gasteiger partial charge is 0.356 e. The van der Waals surface area contributed by atoms with Crippen LogP contribution in [0.15, 0.2) is 24.3 Å². The second kappa shape index (κ2) is 9.07. The van der Waals surface area contributed by atoms with Gasteiger partial charge in [0.1, 0.15) is 0 Å². The van der Waals surface area contributed by atoms with E-state index in [2.05, 4.69) is 17.6 Å². The van der Waals surface area contributed by atoms with Crippen LogP contribution in [0.25, 0.3) is 0 Å². The van der Waals surface area contributed by atoms with Crippen molar-refractivity contribution in [1.29, 1.82) is 5.26 Å². The third-order valence-corrected chi connectivity index (χ3v) is 4.61. The van der Waals surface area contributed by atoms with Crippen LogP contribution in [-0.4, -0.2) is 36.0 Å². The lowest BCUT2D eigenvalue weighted by molar-refractivity contribution is -0.126. The molecule has 1 fully saturated rings. The standard InChI is InChI=1S/C19H26N4O2/c1-3-4-11-21-18(24)16-8-5-14(2)23(13-16)19(25)22-17-9-6-15(12-20)7-10-17/h6-7,9-10,14,16H,3-5,8,11,13H2,1-2H3,(H,21,24)(H,22,25)/t14-,16-/m1/s1. The van der Waals surface area contributed by atoms with E-state index in [4.69, 9.17) is 5.26 Å². The molecule has 0 aliphatic carbocycles. The number of rotatable bonds is 5. The molecule has 0 saturated carbocycles. The molecule has 1 aromatic rings. The maximum atomic E-state index is 12.6. The van der Waals surface area contributed by atoms with Crippen molar-refractivity contribution < 1.29 is 9.59 Å². The molecule has 6 heteroatoms. The zero-order valence-electron chi connectivity index (χ0n) is 14.9. The van der Waals surface area contributed by atoms with Gasteiger partial charge < -0.3 is 15.5 Å². The molecule has 0 radical (unpaired) electrons. The Morgan fingerprint density at radius 3 is 2.64 bits per heavy atom. The number of benzene rings is 1. The molecule has 2 atom stereocenters. The molecule has 1 aliphatic heterocycles. The number of hydrogen-bond acceptors (Lipinski definition) is 3. The van der Waals surface area contributed by atoms with Gasteiger partial charge in [-0.1, -0.05) is 13.3 Å². The fraction of sp³-hybridized carbons (Fsp3) is 0.526. The van der Waals surface area contributed by atoms with Gasteiger partial charge >= 0.3 is 6.03 Å². The molecule has 0 spiro atoms. The highest BCUT2D eigenvalue weighted by Crippen LogP contribution is 2.23. The van der Waals surface area contributed by atoms with E-state index in [-0.39, 0.29) is 23.9 Å². The summed E-state index contributed by atoms with van der Waals surface area (Å²) < 4.78 is 0. The third-order valence-electron chi connectivity index (χ3n) is 4.61. The average molecular weight is 342 g/mol. The SMILES string of the molecule is CCCCNC(=O)[C@@H]1CC[C@@H](C)N(C(=O)Nc2ccc(C#N)cc2)C1. The number of piperidine rings is 1. The first-order valence-electron chi connectivity index (χ1n) is 8.90. The second-order valence-corrected chi connectivity index (χ2v) is 6.54. The van der Waals surface area contributed by atoms with E-state index < -0.39 is 0 Å². The predicted molar refractivity (Wildman–Crippen MR) is 97.0 cm³/mol. The first-order valence-corrected chi connectivity index (χ1v) is 8.90. The van der Waals surface area contributed by atoms with Crippen LogP contribution in [0.2, 0.25) is 0 Å². The van der Waals surface area contributed by atoms with Gasteiger partial charge in [-0.2, -0.15) is 5.26 Å². The highest BCUT2D eigenvalue weighted by atomic mass is 16.2. The zero-order chi connectivity index (χ0) is 18.2. The Kier molecular flexibility index (Phi) is 6.81. The van der Waals surface area contributed by atoms with Gasteiger partial charge in [-0.3, -0.25) is 4.79 Å². The number of nitrogens with zero attached hydrogens (tertiary/aromatic N) is 2. The van der Waals surface area contributed by atoms with Gasteiger partial charge in [-0.25, -0.2) is 4.79 Å². The highest BCUT2D eigenvalue weighted by Gasteiger charge is 2.32. The molecule has 1 saturated heterocycles. The normalized spacial score (nSPS) is 19.8. The lowest BCUT2D eigenvalue weighted by Gasteiger charge is -2.37. The van der Waals surface area contributed by atoms with Crippen LogP contribution in [0.4, 0.5) is 10.5 Å². The number of carbonyl (C=O) groups excluding carboxylic acids is 2. The maximum absolute atomic E-state index is 12.6. The van der Waals surface area contributed by atoms with Crippen molar-refractivity contribution in [3.05, 3.63) is 29.8 Å². The number of urea groups is 1. The molecule has 0 bridgehead atoms. The molecule has 2 rings (SSSR count). The average Bonchev–Trinajstić information content (AvgIpc) is 2.62. The summed E-state index contributed by atoms with van der Waals surface area (Å²) in [4.78, 5) is 26.6. The first kappa shape index (κ1) is 18.8. The number of anilines is 1. The minimum Gasteiger partial charge on any atom is -0.356 e. The molecule has 1 aromatic carbocycles. The van der Waals surface area contributed by atoms with Crippen molar-refractivity contribution in [2.45, 2.75) is 45.6 Å². The fourth-order valence-corrected chi connectivity index (χ4v) is 2.96. The summed E-state index contributed by atoms with van der Waals surface area (Å²) in [6.07, 6.45) is 3.63. The Morgan fingerprint density at radius 2 is 2.00 bits per heavy atom. The van der Waals surface area contributed by atoms with Gasteiger partial charge in [0, 0.05) is 24.8 Å². The van der Waals surface area contributed by atoms with Gasteiger partial charge in [-0.15, -0.1) is 0 Å². The number of carbonyl (C=O) groups is 2. The number of amides is 3. The van der Waals surface area contributed by atoms with Gasteiger partial charge in [0.2, 0.25) is 5.91 Å². The first-order chi connectivity index (χ1) is 12.0. The van der Waals surface area contributed by atoms with Crippen molar-refractivity contribution >= 4 is 17.6 Å². The Morgan fingerprint density at radius 1 is 1.28 bits per heavy atom. The summed E-state index contributed by atoms with van der Waals surface area (Å²) in [7, 11) is 0. The predicted octanol–water partition coefficient (Wildman–Crippen LogP) is 3.11. The smallest absolute Gasteiger partial charge is 0.322 e. The van der Waals surface area contributed by atoms with E-state index in [1.54, 1.807) is 29.2 Å². The Bertz CT molecular complexity index is 636. The van der Waals surface area contributed by atoms with E-state index in [1.807, 2.05) is 13.0 Å². The molecule has 2 N–H and O–H groups in total. The number of nitriles is 1. The summed E-state index contributed by atoms with van der Waals surface area (Å²) in [6, 6.07) is 8.69. The summed E-state index contributed by atoms with van der Waals surface area (Å²) in [5, 5.41) is 14.6. The zero-order valence-corrected chi connectivity index (χ0v) is 14.9. The summed E-state index contributed by atoms with van der Waals surface area (Å²) in [6.45, 7) is 5.22. The van der Waals surface area contributed by atoms with E-state index in [0.717, 1.165) is 25.7 Å². The molecule has 1 heterocycles. The highest BCUT2D eigenvalue weighted by molar-refractivity contribution is 5.90. The van der Waals surface area contributed by atoms with Gasteiger partial charge in [0.25, 0.3) is 0 Å². The van der Waals surface area contributed by atoms with Crippen LogP contribution in [-0.2, 0) is 4.79 Å². The van der Waals surface area contributed by atoms with Crippen LogP contribution in [0.3, 0.4) is 0 Å². The van der Waals surface area contributed by atoms with Crippen LogP contribution in [0.1, 0.15) is 45.1 Å². The molecular weight excluding hydrogens is 316 g/mol. The van der Waals surface area contributed by atoms with Crippen LogP contribution >= 0.6 is 0 Å². The second-order valence-electron chi connectivity index (χ2n) is 6.54. The third kappa shape index (κ3) is 5.21. The number of unbranched alkanes of at least 4 members (excludes halogenated alkanes) is 1. The number of likely N-dealkylation sites (tertiary alicyclic amines) is 1. The van der Waals surface area contributed by atoms with Crippen molar-refractivity contribution in [1.82, 2.24) is 10.2 Å². The van der Waals surface area contributed by atoms with E-state index in [1.165, 1.54) is 0 Å². The quantitative estimate of drug-likeness (QED) is 0.806. The monoisotopic (exact) mass is 342 g/mol. The molecule has 3 amide bonds. The van der Waals surface area contributed by atoms with Crippen molar-refractivity contribution in [3.63, 3.8) is 0 Å². The van der Waals surface area contributed by atoms with E-state index in [0.29, 0.717) is 24.3 Å². The van der Waals surface area contributed by atoms with Crippen LogP contribution in [0.5, 0.6) is 0 Å². The lowest BCUT2D eigenvalue weighted by atomic mass is 9.93. The summed E-state index contributed by atoms with van der Waals surface area (Å²) >= 11 is 0. The minimum atomic E-state index is -0.205.